The normalized spacial score (nSPS) is 18.7. The number of carbonyl (C=O) groups excluding carboxylic acids is 3. The molecule has 0 heterocycles. The van der Waals surface area contributed by atoms with Crippen LogP contribution in [0.4, 0.5) is 0 Å². The van der Waals surface area contributed by atoms with E-state index in [-0.39, 0.29) is 42.7 Å². The molecule has 1 aliphatic carbocycles. The largest absolute Gasteiger partial charge is 0.483 e. The molecule has 0 aromatic heterocycles. The van der Waals surface area contributed by atoms with Crippen molar-refractivity contribution in [1.82, 2.24) is 15.5 Å². The van der Waals surface area contributed by atoms with E-state index in [1.807, 2.05) is 25.1 Å². The number of amides is 3. The lowest BCUT2D eigenvalue weighted by molar-refractivity contribution is -0.131. The molecule has 1 fully saturated rings. The highest BCUT2D eigenvalue weighted by Crippen LogP contribution is 2.37. The molecule has 1 aliphatic rings. The highest BCUT2D eigenvalue weighted by molar-refractivity contribution is 5.82. The zero-order valence-corrected chi connectivity index (χ0v) is 17.2. The second-order valence-electron chi connectivity index (χ2n) is 7.50. The molecule has 0 aliphatic heterocycles. The third kappa shape index (κ3) is 6.25. The number of benzene rings is 1. The highest BCUT2D eigenvalue weighted by atomic mass is 16.5. The van der Waals surface area contributed by atoms with Gasteiger partial charge in [-0.3, -0.25) is 14.4 Å². The Bertz CT molecular complexity index is 705. The average Bonchev–Trinajstić information content (AvgIpc) is 3.41. The Labute approximate surface area is 166 Å². The molecule has 3 unspecified atom stereocenters. The van der Waals surface area contributed by atoms with Gasteiger partial charge in [-0.05, 0) is 24.8 Å². The third-order valence-corrected chi connectivity index (χ3v) is 4.99. The fraction of sp³-hybridized carbons (Fsp3) is 0.571. The molecule has 154 valence electrons. The topological polar surface area (TPSA) is 87.7 Å². The van der Waals surface area contributed by atoms with Crippen LogP contribution in [0.3, 0.4) is 0 Å². The number of para-hydroxylation sites is 1. The molecule has 7 nitrogen and oxygen atoms in total. The standard InChI is InChI=1S/C21H31N3O4/c1-5-17(23-19(25)10-11-22-21(27)16-12-14(16)2)15-8-6-7-9-18(15)28-13-20(26)24(3)4/h6-9,14,16-17H,5,10-13H2,1-4H3,(H,22,27)(H,23,25). The summed E-state index contributed by atoms with van der Waals surface area (Å²) < 4.78 is 5.68. The number of ether oxygens (including phenoxy) is 1. The van der Waals surface area contributed by atoms with E-state index in [1.165, 1.54) is 4.90 Å². The fourth-order valence-electron chi connectivity index (χ4n) is 2.95. The van der Waals surface area contributed by atoms with Gasteiger partial charge in [0.1, 0.15) is 5.75 Å². The second kappa shape index (κ2) is 10.1. The fourth-order valence-corrected chi connectivity index (χ4v) is 2.95. The van der Waals surface area contributed by atoms with Crippen molar-refractivity contribution in [3.05, 3.63) is 29.8 Å². The first kappa shape index (κ1) is 21.7. The lowest BCUT2D eigenvalue weighted by Crippen LogP contribution is -2.33. The molecule has 0 saturated heterocycles. The van der Waals surface area contributed by atoms with E-state index in [2.05, 4.69) is 17.6 Å². The van der Waals surface area contributed by atoms with Crippen LogP contribution >= 0.6 is 0 Å². The van der Waals surface area contributed by atoms with Gasteiger partial charge in [0, 0.05) is 38.5 Å². The average molecular weight is 389 g/mol. The maximum atomic E-state index is 12.3. The van der Waals surface area contributed by atoms with E-state index >= 15 is 0 Å². The lowest BCUT2D eigenvalue weighted by atomic mass is 10.0. The van der Waals surface area contributed by atoms with E-state index in [4.69, 9.17) is 4.74 Å². The van der Waals surface area contributed by atoms with Gasteiger partial charge in [-0.1, -0.05) is 32.0 Å². The van der Waals surface area contributed by atoms with Crippen LogP contribution in [0.2, 0.25) is 0 Å². The minimum absolute atomic E-state index is 0.0386. The molecular weight excluding hydrogens is 358 g/mol. The van der Waals surface area contributed by atoms with E-state index in [9.17, 15) is 14.4 Å². The number of rotatable bonds is 10. The van der Waals surface area contributed by atoms with Gasteiger partial charge in [0.2, 0.25) is 11.8 Å². The summed E-state index contributed by atoms with van der Waals surface area (Å²) in [5.41, 5.74) is 0.834. The van der Waals surface area contributed by atoms with E-state index in [0.717, 1.165) is 12.0 Å². The predicted molar refractivity (Wildman–Crippen MR) is 107 cm³/mol. The lowest BCUT2D eigenvalue weighted by Gasteiger charge is -2.21. The van der Waals surface area contributed by atoms with Crippen molar-refractivity contribution in [1.29, 1.82) is 0 Å². The Morgan fingerprint density at radius 1 is 1.25 bits per heavy atom. The molecule has 3 amide bonds. The Morgan fingerprint density at radius 3 is 2.54 bits per heavy atom. The summed E-state index contributed by atoms with van der Waals surface area (Å²) in [6.07, 6.45) is 1.84. The number of nitrogens with zero attached hydrogens (tertiary/aromatic N) is 1. The van der Waals surface area contributed by atoms with Gasteiger partial charge in [-0.25, -0.2) is 0 Å². The first-order valence-electron chi connectivity index (χ1n) is 9.82. The number of carbonyl (C=O) groups is 3. The van der Waals surface area contributed by atoms with E-state index in [0.29, 0.717) is 24.6 Å². The summed E-state index contributed by atoms with van der Waals surface area (Å²) >= 11 is 0. The summed E-state index contributed by atoms with van der Waals surface area (Å²) in [6.45, 7) is 4.30. The van der Waals surface area contributed by atoms with Crippen molar-refractivity contribution < 1.29 is 19.1 Å². The van der Waals surface area contributed by atoms with Gasteiger partial charge < -0.3 is 20.3 Å². The Morgan fingerprint density at radius 2 is 1.93 bits per heavy atom. The molecule has 7 heteroatoms. The SMILES string of the molecule is CCC(NC(=O)CCNC(=O)C1CC1C)c1ccccc1OCC(=O)N(C)C. The number of nitrogens with one attached hydrogen (secondary N) is 2. The maximum absolute atomic E-state index is 12.3. The summed E-state index contributed by atoms with van der Waals surface area (Å²) in [6, 6.07) is 7.17. The predicted octanol–water partition coefficient (Wildman–Crippen LogP) is 1.88. The van der Waals surface area contributed by atoms with Crippen molar-refractivity contribution in [3.63, 3.8) is 0 Å². The molecule has 0 bridgehead atoms. The van der Waals surface area contributed by atoms with Gasteiger partial charge >= 0.3 is 0 Å². The van der Waals surface area contributed by atoms with Gasteiger partial charge in [-0.2, -0.15) is 0 Å². The third-order valence-electron chi connectivity index (χ3n) is 4.99. The molecule has 0 radical (unpaired) electrons. The van der Waals surface area contributed by atoms with Crippen LogP contribution in [-0.2, 0) is 14.4 Å². The minimum atomic E-state index is -0.225. The first-order valence-corrected chi connectivity index (χ1v) is 9.82. The van der Waals surface area contributed by atoms with Gasteiger partial charge in [0.25, 0.3) is 5.91 Å². The Balaban J connectivity index is 1.88. The van der Waals surface area contributed by atoms with Crippen LogP contribution in [0.5, 0.6) is 5.75 Å². The van der Waals surface area contributed by atoms with E-state index < -0.39 is 0 Å². The van der Waals surface area contributed by atoms with Crippen LogP contribution in [0.1, 0.15) is 44.7 Å². The molecule has 2 rings (SSSR count). The zero-order chi connectivity index (χ0) is 20.7. The zero-order valence-electron chi connectivity index (χ0n) is 17.2. The van der Waals surface area contributed by atoms with Crippen LogP contribution < -0.4 is 15.4 Å². The van der Waals surface area contributed by atoms with Crippen LogP contribution in [-0.4, -0.2) is 49.9 Å². The molecule has 1 aromatic carbocycles. The Hall–Kier alpha value is -2.57. The number of hydrogen-bond acceptors (Lipinski definition) is 4. The van der Waals surface area contributed by atoms with E-state index in [1.54, 1.807) is 20.2 Å². The van der Waals surface area contributed by atoms with Crippen molar-refractivity contribution in [3.8, 4) is 5.75 Å². The number of hydrogen-bond donors (Lipinski definition) is 2. The minimum Gasteiger partial charge on any atom is -0.483 e. The van der Waals surface area contributed by atoms with Gasteiger partial charge in [-0.15, -0.1) is 0 Å². The quantitative estimate of drug-likeness (QED) is 0.640. The highest BCUT2D eigenvalue weighted by Gasteiger charge is 2.38. The Kier molecular flexibility index (Phi) is 7.84. The van der Waals surface area contributed by atoms with Crippen molar-refractivity contribution in [2.45, 2.75) is 39.2 Å². The van der Waals surface area contributed by atoms with Crippen LogP contribution in [0.25, 0.3) is 0 Å². The molecular formula is C21H31N3O4. The van der Waals surface area contributed by atoms with Crippen molar-refractivity contribution in [2.75, 3.05) is 27.2 Å². The summed E-state index contributed by atoms with van der Waals surface area (Å²) in [5.74, 6) is 0.926. The summed E-state index contributed by atoms with van der Waals surface area (Å²) in [5, 5.41) is 5.82. The molecule has 0 spiro atoms. The van der Waals surface area contributed by atoms with Crippen molar-refractivity contribution >= 4 is 17.7 Å². The smallest absolute Gasteiger partial charge is 0.259 e. The first-order chi connectivity index (χ1) is 13.3. The van der Waals surface area contributed by atoms with Gasteiger partial charge in [0.15, 0.2) is 6.61 Å². The van der Waals surface area contributed by atoms with Gasteiger partial charge in [0.05, 0.1) is 6.04 Å². The second-order valence-corrected chi connectivity index (χ2v) is 7.50. The molecule has 3 atom stereocenters. The molecule has 1 aromatic rings. The van der Waals surface area contributed by atoms with Crippen LogP contribution in [0.15, 0.2) is 24.3 Å². The summed E-state index contributed by atoms with van der Waals surface area (Å²) in [7, 11) is 3.35. The number of likely N-dealkylation sites (N-methyl/N-ethyl adjacent to an activating group) is 1. The van der Waals surface area contributed by atoms with Crippen LogP contribution in [0, 0.1) is 11.8 Å². The molecule has 1 saturated carbocycles. The monoisotopic (exact) mass is 389 g/mol. The maximum Gasteiger partial charge on any atom is 0.259 e. The molecule has 28 heavy (non-hydrogen) atoms. The van der Waals surface area contributed by atoms with Crippen molar-refractivity contribution in [2.24, 2.45) is 11.8 Å². The summed E-state index contributed by atoms with van der Waals surface area (Å²) in [4.78, 5) is 37.4. The molecule has 2 N–H and O–H groups in total.